The van der Waals surface area contributed by atoms with Crippen LogP contribution in [0.1, 0.15) is 22.7 Å². The van der Waals surface area contributed by atoms with Crippen LogP contribution in [0.15, 0.2) is 53.2 Å². The molecular formula is C16H15NS. The van der Waals surface area contributed by atoms with Crippen LogP contribution in [0, 0.1) is 6.92 Å². The van der Waals surface area contributed by atoms with Crippen LogP contribution in [0.2, 0.25) is 0 Å². The molecule has 0 saturated heterocycles. The standard InChI is InChI=1S/C16H15NS/c1-11-9-18-10-15(11)16(17)14-8-4-6-12-5-2-3-7-13(12)14/h2-10,16H,17H2,1H3. The molecule has 0 aliphatic heterocycles. The SMILES string of the molecule is Cc1cscc1C(N)c1cccc2ccccc12. The summed E-state index contributed by atoms with van der Waals surface area (Å²) >= 11 is 1.71. The summed E-state index contributed by atoms with van der Waals surface area (Å²) in [6.45, 7) is 2.12. The second-order valence-corrected chi connectivity index (χ2v) is 5.30. The molecule has 1 nitrogen and oxygen atoms in total. The number of benzene rings is 2. The lowest BCUT2D eigenvalue weighted by Crippen LogP contribution is -2.12. The van der Waals surface area contributed by atoms with Gasteiger partial charge in [-0.25, -0.2) is 0 Å². The van der Waals surface area contributed by atoms with Gasteiger partial charge in [-0.15, -0.1) is 0 Å². The van der Waals surface area contributed by atoms with Crippen LogP contribution >= 0.6 is 11.3 Å². The predicted molar refractivity (Wildman–Crippen MR) is 79.0 cm³/mol. The molecule has 0 spiro atoms. The van der Waals surface area contributed by atoms with E-state index in [1.54, 1.807) is 11.3 Å². The second-order valence-electron chi connectivity index (χ2n) is 4.56. The average molecular weight is 253 g/mol. The van der Waals surface area contributed by atoms with Gasteiger partial charge in [0.1, 0.15) is 0 Å². The van der Waals surface area contributed by atoms with Crippen molar-refractivity contribution in [1.82, 2.24) is 0 Å². The van der Waals surface area contributed by atoms with E-state index in [1.807, 2.05) is 0 Å². The molecule has 0 saturated carbocycles. The van der Waals surface area contributed by atoms with E-state index < -0.39 is 0 Å². The summed E-state index contributed by atoms with van der Waals surface area (Å²) in [4.78, 5) is 0. The van der Waals surface area contributed by atoms with Gasteiger partial charge >= 0.3 is 0 Å². The highest BCUT2D eigenvalue weighted by atomic mass is 32.1. The Hall–Kier alpha value is -1.64. The smallest absolute Gasteiger partial charge is 0.0568 e. The molecular weight excluding hydrogens is 238 g/mol. The van der Waals surface area contributed by atoms with Crippen LogP contribution < -0.4 is 5.73 Å². The highest BCUT2D eigenvalue weighted by molar-refractivity contribution is 7.08. The van der Waals surface area contributed by atoms with E-state index in [1.165, 1.54) is 27.5 Å². The molecule has 0 bridgehead atoms. The van der Waals surface area contributed by atoms with Crippen molar-refractivity contribution in [2.75, 3.05) is 0 Å². The first-order valence-corrected chi connectivity index (χ1v) is 6.97. The van der Waals surface area contributed by atoms with E-state index >= 15 is 0 Å². The molecule has 2 aromatic carbocycles. The van der Waals surface area contributed by atoms with Gasteiger partial charge in [0.15, 0.2) is 0 Å². The van der Waals surface area contributed by atoms with Crippen molar-refractivity contribution in [1.29, 1.82) is 0 Å². The quantitative estimate of drug-likeness (QED) is 0.725. The molecule has 3 aromatic rings. The summed E-state index contributed by atoms with van der Waals surface area (Å²) in [5.41, 5.74) is 10.1. The van der Waals surface area contributed by atoms with Crippen molar-refractivity contribution in [2.45, 2.75) is 13.0 Å². The van der Waals surface area contributed by atoms with Crippen molar-refractivity contribution >= 4 is 22.1 Å². The minimum absolute atomic E-state index is 0.0395. The molecule has 1 atom stereocenters. The van der Waals surface area contributed by atoms with Crippen LogP contribution in [-0.4, -0.2) is 0 Å². The summed E-state index contributed by atoms with van der Waals surface area (Å²) in [7, 11) is 0. The zero-order chi connectivity index (χ0) is 12.5. The van der Waals surface area contributed by atoms with E-state index in [-0.39, 0.29) is 6.04 Å². The summed E-state index contributed by atoms with van der Waals surface area (Å²) in [5, 5.41) is 6.80. The fourth-order valence-corrected chi connectivity index (χ4v) is 3.27. The lowest BCUT2D eigenvalue weighted by atomic mass is 9.94. The van der Waals surface area contributed by atoms with Gasteiger partial charge < -0.3 is 5.73 Å². The average Bonchev–Trinajstić information content (AvgIpc) is 2.83. The maximum Gasteiger partial charge on any atom is 0.0568 e. The summed E-state index contributed by atoms with van der Waals surface area (Å²) < 4.78 is 0. The van der Waals surface area contributed by atoms with E-state index in [9.17, 15) is 0 Å². The summed E-state index contributed by atoms with van der Waals surface area (Å²) in [6, 6.07) is 14.7. The molecule has 1 unspecified atom stereocenters. The monoisotopic (exact) mass is 253 g/mol. The molecule has 0 radical (unpaired) electrons. The van der Waals surface area contributed by atoms with Crippen molar-refractivity contribution < 1.29 is 0 Å². The van der Waals surface area contributed by atoms with Gasteiger partial charge in [-0.1, -0.05) is 42.5 Å². The Labute approximate surface area is 111 Å². The molecule has 2 heteroatoms. The Kier molecular flexibility index (Phi) is 2.90. The lowest BCUT2D eigenvalue weighted by molar-refractivity contribution is 0.877. The molecule has 0 fully saturated rings. The number of thiophene rings is 1. The van der Waals surface area contributed by atoms with Gasteiger partial charge in [0, 0.05) is 0 Å². The van der Waals surface area contributed by atoms with Gasteiger partial charge in [0.25, 0.3) is 0 Å². The fraction of sp³-hybridized carbons (Fsp3) is 0.125. The Bertz CT molecular complexity index is 679. The van der Waals surface area contributed by atoms with Crippen LogP contribution in [0.3, 0.4) is 0 Å². The summed E-state index contributed by atoms with van der Waals surface area (Å²) in [6.07, 6.45) is 0. The van der Waals surface area contributed by atoms with Crippen LogP contribution in [0.25, 0.3) is 10.8 Å². The highest BCUT2D eigenvalue weighted by Gasteiger charge is 2.14. The molecule has 1 aromatic heterocycles. The number of nitrogens with two attached hydrogens (primary N) is 1. The first-order valence-electron chi connectivity index (χ1n) is 6.03. The third kappa shape index (κ3) is 1.84. The van der Waals surface area contributed by atoms with Gasteiger partial charge in [-0.2, -0.15) is 11.3 Å². The molecule has 18 heavy (non-hydrogen) atoms. The van der Waals surface area contributed by atoms with Gasteiger partial charge in [-0.05, 0) is 45.1 Å². The zero-order valence-corrected chi connectivity index (χ0v) is 11.1. The first kappa shape index (κ1) is 11.5. The Morgan fingerprint density at radius 1 is 0.944 bits per heavy atom. The largest absolute Gasteiger partial charge is 0.320 e. The predicted octanol–water partition coefficient (Wildman–Crippen LogP) is 4.26. The van der Waals surface area contributed by atoms with Gasteiger partial charge in [0.05, 0.1) is 6.04 Å². The van der Waals surface area contributed by atoms with Gasteiger partial charge in [0.2, 0.25) is 0 Å². The van der Waals surface area contributed by atoms with Crippen LogP contribution in [0.5, 0.6) is 0 Å². The van der Waals surface area contributed by atoms with Crippen LogP contribution in [-0.2, 0) is 0 Å². The molecule has 1 heterocycles. The van der Waals surface area contributed by atoms with Crippen molar-refractivity contribution in [3.8, 4) is 0 Å². The lowest BCUT2D eigenvalue weighted by Gasteiger charge is -2.15. The van der Waals surface area contributed by atoms with Crippen molar-refractivity contribution in [3.63, 3.8) is 0 Å². The van der Waals surface area contributed by atoms with E-state index in [0.29, 0.717) is 0 Å². The number of fused-ring (bicyclic) bond motifs is 1. The normalized spacial score (nSPS) is 12.8. The first-order chi connectivity index (χ1) is 8.77. The summed E-state index contributed by atoms with van der Waals surface area (Å²) in [5.74, 6) is 0. The molecule has 90 valence electrons. The molecule has 2 N–H and O–H groups in total. The van der Waals surface area contributed by atoms with Crippen molar-refractivity contribution in [3.05, 3.63) is 69.9 Å². The third-order valence-corrected chi connectivity index (χ3v) is 4.27. The maximum atomic E-state index is 6.43. The highest BCUT2D eigenvalue weighted by Crippen LogP contribution is 2.30. The van der Waals surface area contributed by atoms with E-state index in [0.717, 1.165) is 0 Å². The maximum absolute atomic E-state index is 6.43. The minimum atomic E-state index is -0.0395. The van der Waals surface area contributed by atoms with Crippen LogP contribution in [0.4, 0.5) is 0 Å². The number of hydrogen-bond acceptors (Lipinski definition) is 2. The number of hydrogen-bond donors (Lipinski definition) is 1. The van der Waals surface area contributed by atoms with E-state index in [2.05, 4.69) is 60.1 Å². The fourth-order valence-electron chi connectivity index (χ4n) is 2.38. The molecule has 3 rings (SSSR count). The Morgan fingerprint density at radius 2 is 1.72 bits per heavy atom. The Balaban J connectivity index is 2.18. The van der Waals surface area contributed by atoms with E-state index in [4.69, 9.17) is 5.73 Å². The van der Waals surface area contributed by atoms with Crippen molar-refractivity contribution in [2.24, 2.45) is 5.73 Å². The number of aryl methyl sites for hydroxylation is 1. The third-order valence-electron chi connectivity index (χ3n) is 3.39. The zero-order valence-electron chi connectivity index (χ0n) is 10.3. The molecule has 0 amide bonds. The number of rotatable bonds is 2. The molecule has 0 aliphatic rings. The minimum Gasteiger partial charge on any atom is -0.320 e. The Morgan fingerprint density at radius 3 is 2.50 bits per heavy atom. The molecule has 0 aliphatic carbocycles. The topological polar surface area (TPSA) is 26.0 Å². The van der Waals surface area contributed by atoms with Gasteiger partial charge in [-0.3, -0.25) is 0 Å². The second kappa shape index (κ2) is 4.56.